The summed E-state index contributed by atoms with van der Waals surface area (Å²) in [6.45, 7) is 12.5. The molecule has 0 fully saturated rings. The summed E-state index contributed by atoms with van der Waals surface area (Å²) < 4.78 is 23.5. The van der Waals surface area contributed by atoms with Gasteiger partial charge in [-0.2, -0.15) is 0 Å². The largest absolute Gasteiger partial charge is 0.545 e. The van der Waals surface area contributed by atoms with Crippen LogP contribution in [-0.4, -0.2) is 39.8 Å². The van der Waals surface area contributed by atoms with E-state index >= 15 is 0 Å². The first-order valence-electron chi connectivity index (χ1n) is 8.83. The summed E-state index contributed by atoms with van der Waals surface area (Å²) in [5, 5.41) is 0. The van der Waals surface area contributed by atoms with Gasteiger partial charge in [-0.15, -0.1) is 12.6 Å². The fraction of sp³-hybridized carbons (Fsp3) is 1.00. The molecule has 0 saturated heterocycles. The van der Waals surface area contributed by atoms with Crippen molar-refractivity contribution in [2.75, 3.05) is 26.4 Å². The third-order valence-electron chi connectivity index (χ3n) is 3.44. The predicted octanol–water partition coefficient (Wildman–Crippen LogP) is 4.60. The topological polar surface area (TPSA) is 36.9 Å². The lowest BCUT2D eigenvalue weighted by Gasteiger charge is -2.42. The zero-order valence-corrected chi connectivity index (χ0v) is 17.0. The molecule has 0 amide bonds. The van der Waals surface area contributed by atoms with E-state index in [1.165, 1.54) is 6.42 Å². The molecule has 1 atom stereocenters. The molecule has 0 bridgehead atoms. The number of ether oxygens (including phenoxy) is 1. The Hall–Kier alpha value is 0.407. The minimum Gasteiger partial charge on any atom is -0.372 e. The van der Waals surface area contributed by atoms with Crippen molar-refractivity contribution in [1.29, 1.82) is 0 Å². The molecule has 0 aliphatic carbocycles. The Morgan fingerprint density at radius 3 is 1.68 bits per heavy atom. The van der Waals surface area contributed by atoms with Crippen molar-refractivity contribution in [1.82, 2.24) is 0 Å². The van der Waals surface area contributed by atoms with Crippen LogP contribution in [0.3, 0.4) is 0 Å². The average Bonchev–Trinajstić information content (AvgIpc) is 2.50. The SMILES string of the molecule is CCCCCOC(S)(CCCC)[Si](OCC)(OCC)OCC. The Morgan fingerprint density at radius 2 is 1.27 bits per heavy atom. The molecule has 22 heavy (non-hydrogen) atoms. The van der Waals surface area contributed by atoms with Crippen molar-refractivity contribution >= 4 is 21.4 Å². The Morgan fingerprint density at radius 1 is 0.773 bits per heavy atom. The number of hydrogen-bond acceptors (Lipinski definition) is 5. The second kappa shape index (κ2) is 12.8. The van der Waals surface area contributed by atoms with Gasteiger partial charge in [0.15, 0.2) is 4.56 Å². The lowest BCUT2D eigenvalue weighted by Crippen LogP contribution is -2.64. The van der Waals surface area contributed by atoms with Crippen LogP contribution in [0.1, 0.15) is 73.1 Å². The van der Waals surface area contributed by atoms with Gasteiger partial charge in [-0.1, -0.05) is 39.5 Å². The van der Waals surface area contributed by atoms with E-state index in [4.69, 9.17) is 30.6 Å². The first-order valence-corrected chi connectivity index (χ1v) is 11.0. The van der Waals surface area contributed by atoms with Crippen molar-refractivity contribution < 1.29 is 18.0 Å². The van der Waals surface area contributed by atoms with E-state index < -0.39 is 13.4 Å². The van der Waals surface area contributed by atoms with Crippen molar-refractivity contribution in [3.63, 3.8) is 0 Å². The monoisotopic (exact) mass is 352 g/mol. The van der Waals surface area contributed by atoms with Crippen LogP contribution < -0.4 is 0 Å². The summed E-state index contributed by atoms with van der Waals surface area (Å²) in [6.07, 6.45) is 6.23. The Labute approximate surface area is 144 Å². The second-order valence-corrected chi connectivity index (χ2v) is 9.23. The second-order valence-electron chi connectivity index (χ2n) is 5.30. The van der Waals surface area contributed by atoms with Crippen molar-refractivity contribution in [2.24, 2.45) is 0 Å². The zero-order chi connectivity index (χ0) is 16.9. The van der Waals surface area contributed by atoms with Crippen molar-refractivity contribution in [3.8, 4) is 0 Å². The normalized spacial score (nSPS) is 15.0. The zero-order valence-electron chi connectivity index (χ0n) is 15.2. The molecule has 0 aromatic rings. The first-order chi connectivity index (χ1) is 10.6. The Bertz CT molecular complexity index is 252. The summed E-state index contributed by atoms with van der Waals surface area (Å²) >= 11 is 4.90. The van der Waals surface area contributed by atoms with E-state index in [-0.39, 0.29) is 0 Å². The van der Waals surface area contributed by atoms with Crippen LogP contribution >= 0.6 is 12.6 Å². The minimum atomic E-state index is -3.00. The van der Waals surface area contributed by atoms with Gasteiger partial charge in [-0.25, -0.2) is 0 Å². The molecule has 0 saturated carbocycles. The van der Waals surface area contributed by atoms with Gasteiger partial charge < -0.3 is 18.0 Å². The summed E-state index contributed by atoms with van der Waals surface area (Å²) in [5.41, 5.74) is 0. The number of unbranched alkanes of at least 4 members (excludes halogenated alkanes) is 3. The standard InChI is InChI=1S/C16H36O4SSi/c1-6-11-13-15-17-16(21,14-12-7-2)22(18-8-3,19-9-4)20-10-5/h21H,6-15H2,1-5H3. The molecule has 0 aromatic carbocycles. The summed E-state index contributed by atoms with van der Waals surface area (Å²) in [5.74, 6) is 0. The molecule has 0 aliphatic rings. The lowest BCUT2D eigenvalue weighted by atomic mass is 10.2. The van der Waals surface area contributed by atoms with E-state index in [1.807, 2.05) is 20.8 Å². The Kier molecular flexibility index (Phi) is 13.0. The van der Waals surface area contributed by atoms with E-state index in [0.717, 1.165) is 32.1 Å². The van der Waals surface area contributed by atoms with E-state index in [9.17, 15) is 0 Å². The van der Waals surface area contributed by atoms with Gasteiger partial charge in [-0.3, -0.25) is 0 Å². The van der Waals surface area contributed by atoms with Crippen molar-refractivity contribution in [2.45, 2.75) is 77.7 Å². The van der Waals surface area contributed by atoms with Gasteiger partial charge in [-0.05, 0) is 33.6 Å². The first kappa shape index (κ1) is 22.4. The highest BCUT2D eigenvalue weighted by Gasteiger charge is 2.60. The summed E-state index contributed by atoms with van der Waals surface area (Å²) in [4.78, 5) is 0. The molecule has 0 spiro atoms. The molecule has 0 radical (unpaired) electrons. The fourth-order valence-corrected chi connectivity index (χ4v) is 6.02. The molecule has 0 aromatic heterocycles. The molecule has 134 valence electrons. The van der Waals surface area contributed by atoms with Crippen LogP contribution in [0.5, 0.6) is 0 Å². The third kappa shape index (κ3) is 6.89. The predicted molar refractivity (Wildman–Crippen MR) is 97.4 cm³/mol. The van der Waals surface area contributed by atoms with Gasteiger partial charge in [0, 0.05) is 26.4 Å². The maximum Gasteiger partial charge on any atom is 0.545 e. The van der Waals surface area contributed by atoms with Gasteiger partial charge in [0.1, 0.15) is 0 Å². The highest BCUT2D eigenvalue weighted by molar-refractivity contribution is 7.83. The maximum absolute atomic E-state index is 6.21. The van der Waals surface area contributed by atoms with Crippen LogP contribution in [0.4, 0.5) is 0 Å². The fourth-order valence-electron chi connectivity index (χ4n) is 2.36. The van der Waals surface area contributed by atoms with Crippen LogP contribution in [0, 0.1) is 0 Å². The highest BCUT2D eigenvalue weighted by Crippen LogP contribution is 2.37. The number of thiol groups is 1. The molecular formula is C16H36O4SSi. The van der Waals surface area contributed by atoms with E-state index in [2.05, 4.69) is 13.8 Å². The molecule has 1 unspecified atom stereocenters. The molecular weight excluding hydrogens is 316 g/mol. The molecule has 0 N–H and O–H groups in total. The molecule has 0 aliphatic heterocycles. The third-order valence-corrected chi connectivity index (χ3v) is 7.97. The smallest absolute Gasteiger partial charge is 0.372 e. The average molecular weight is 353 g/mol. The van der Waals surface area contributed by atoms with Crippen LogP contribution in [-0.2, 0) is 18.0 Å². The summed E-state index contributed by atoms with van der Waals surface area (Å²) in [7, 11) is -3.00. The van der Waals surface area contributed by atoms with E-state index in [0.29, 0.717) is 26.4 Å². The van der Waals surface area contributed by atoms with E-state index in [1.54, 1.807) is 0 Å². The quantitative estimate of drug-likeness (QED) is 0.202. The van der Waals surface area contributed by atoms with Crippen molar-refractivity contribution in [3.05, 3.63) is 0 Å². The molecule has 0 heterocycles. The molecule has 0 rings (SSSR count). The minimum absolute atomic E-state index is 0.541. The highest BCUT2D eigenvalue weighted by atomic mass is 32.1. The molecule has 4 nitrogen and oxygen atoms in total. The van der Waals surface area contributed by atoms with Gasteiger partial charge in [0.2, 0.25) is 0 Å². The maximum atomic E-state index is 6.21. The number of hydrogen-bond donors (Lipinski definition) is 1. The lowest BCUT2D eigenvalue weighted by molar-refractivity contribution is -0.0300. The van der Waals surface area contributed by atoms with Crippen LogP contribution in [0.15, 0.2) is 0 Å². The van der Waals surface area contributed by atoms with Gasteiger partial charge in [0.05, 0.1) is 0 Å². The number of rotatable bonds is 15. The molecule has 6 heteroatoms. The summed E-state index contributed by atoms with van der Waals surface area (Å²) in [6, 6.07) is 0. The Balaban J connectivity index is 5.21. The van der Waals surface area contributed by atoms with Crippen LogP contribution in [0.25, 0.3) is 0 Å². The van der Waals surface area contributed by atoms with Gasteiger partial charge >= 0.3 is 8.80 Å². The van der Waals surface area contributed by atoms with Crippen LogP contribution in [0.2, 0.25) is 0 Å². The van der Waals surface area contributed by atoms with Gasteiger partial charge in [0.25, 0.3) is 0 Å².